The highest BCUT2D eigenvalue weighted by Gasteiger charge is 2.32. The number of hydrogen-bond acceptors (Lipinski definition) is 2. The van der Waals surface area contributed by atoms with E-state index < -0.39 is 0 Å². The Bertz CT molecular complexity index is 404. The largest absolute Gasteiger partial charge is 0.394 e. The molecule has 0 heterocycles. The van der Waals surface area contributed by atoms with E-state index >= 15 is 0 Å². The minimum absolute atomic E-state index is 0.115. The third-order valence-corrected chi connectivity index (χ3v) is 4.72. The van der Waals surface area contributed by atoms with Crippen molar-refractivity contribution in [2.45, 2.75) is 57.9 Å². The molecule has 2 unspecified atom stereocenters. The van der Waals surface area contributed by atoms with Gasteiger partial charge in [0.25, 0.3) is 0 Å². The number of rotatable bonds is 4. The van der Waals surface area contributed by atoms with Crippen LogP contribution in [-0.4, -0.2) is 17.3 Å². The van der Waals surface area contributed by atoms with E-state index in [1.54, 1.807) is 0 Å². The molecule has 1 aliphatic rings. The normalized spacial score (nSPS) is 27.8. The van der Waals surface area contributed by atoms with Crippen LogP contribution in [-0.2, 0) is 0 Å². The Morgan fingerprint density at radius 2 is 2.05 bits per heavy atom. The molecule has 0 spiro atoms. The lowest BCUT2D eigenvalue weighted by atomic mass is 9.89. The molecule has 106 valence electrons. The van der Waals surface area contributed by atoms with Crippen LogP contribution in [0, 0.1) is 12.8 Å². The van der Waals surface area contributed by atoms with Crippen molar-refractivity contribution < 1.29 is 5.11 Å². The highest BCUT2D eigenvalue weighted by atomic mass is 16.3. The minimum Gasteiger partial charge on any atom is -0.394 e. The minimum atomic E-state index is -0.115. The molecular weight excluding hydrogens is 234 g/mol. The van der Waals surface area contributed by atoms with Gasteiger partial charge in [0.2, 0.25) is 0 Å². The lowest BCUT2D eigenvalue weighted by molar-refractivity contribution is 0.194. The van der Waals surface area contributed by atoms with E-state index in [1.807, 2.05) is 0 Å². The molecule has 0 aromatic heterocycles. The predicted octanol–water partition coefficient (Wildman–Crippen LogP) is 4.13. The van der Waals surface area contributed by atoms with E-state index in [-0.39, 0.29) is 12.1 Å². The van der Waals surface area contributed by atoms with Crippen LogP contribution in [0.25, 0.3) is 0 Å². The third kappa shape index (κ3) is 3.50. The monoisotopic (exact) mass is 261 g/mol. The van der Waals surface area contributed by atoms with Crippen LogP contribution in [0.1, 0.15) is 51.0 Å². The maximum absolute atomic E-state index is 9.92. The third-order valence-electron chi connectivity index (χ3n) is 4.72. The molecule has 0 bridgehead atoms. The van der Waals surface area contributed by atoms with E-state index in [0.29, 0.717) is 0 Å². The molecule has 2 N–H and O–H groups in total. The van der Waals surface area contributed by atoms with Crippen LogP contribution in [0.4, 0.5) is 5.69 Å². The Labute approximate surface area is 117 Å². The number of para-hydroxylation sites is 1. The Kier molecular flexibility index (Phi) is 4.87. The molecule has 0 radical (unpaired) electrons. The molecule has 0 aliphatic heterocycles. The smallest absolute Gasteiger partial charge is 0.0661 e. The van der Waals surface area contributed by atoms with Crippen molar-refractivity contribution in [2.24, 2.45) is 5.92 Å². The standard InChI is InChI=1S/C17H27NO/c1-3-15-8-6-11-17(13-19,12-10-15)18-16-9-5-4-7-14(16)2/h4-5,7,9,15,18-19H,3,6,8,10-13H2,1-2H3. The van der Waals surface area contributed by atoms with E-state index in [0.717, 1.165) is 18.8 Å². The van der Waals surface area contributed by atoms with E-state index in [9.17, 15) is 5.11 Å². The van der Waals surface area contributed by atoms with Crippen LogP contribution >= 0.6 is 0 Å². The van der Waals surface area contributed by atoms with Crippen molar-refractivity contribution in [1.29, 1.82) is 0 Å². The summed E-state index contributed by atoms with van der Waals surface area (Å²) >= 11 is 0. The average molecular weight is 261 g/mol. The first-order valence-electron chi connectivity index (χ1n) is 7.64. The second-order valence-corrected chi connectivity index (χ2v) is 6.08. The van der Waals surface area contributed by atoms with Gasteiger partial charge in [0.15, 0.2) is 0 Å². The first kappa shape index (κ1) is 14.4. The summed E-state index contributed by atoms with van der Waals surface area (Å²) in [5, 5.41) is 13.6. The molecule has 1 aromatic carbocycles. The second kappa shape index (κ2) is 6.42. The van der Waals surface area contributed by atoms with Gasteiger partial charge >= 0.3 is 0 Å². The summed E-state index contributed by atoms with van der Waals surface area (Å²) in [4.78, 5) is 0. The lowest BCUT2D eigenvalue weighted by Gasteiger charge is -2.34. The number of aryl methyl sites for hydroxylation is 1. The molecule has 1 fully saturated rings. The van der Waals surface area contributed by atoms with Crippen molar-refractivity contribution in [1.82, 2.24) is 0 Å². The molecule has 1 aromatic rings. The summed E-state index contributed by atoms with van der Waals surface area (Å²) in [6.07, 6.45) is 7.19. The van der Waals surface area contributed by atoms with E-state index in [1.165, 1.54) is 36.9 Å². The fourth-order valence-electron chi connectivity index (χ4n) is 3.21. The number of benzene rings is 1. The van der Waals surface area contributed by atoms with Gasteiger partial charge in [-0.1, -0.05) is 44.4 Å². The van der Waals surface area contributed by atoms with Gasteiger partial charge in [0.05, 0.1) is 12.1 Å². The fraction of sp³-hybridized carbons (Fsp3) is 0.647. The van der Waals surface area contributed by atoms with Crippen LogP contribution in [0.5, 0.6) is 0 Å². The van der Waals surface area contributed by atoms with Gasteiger partial charge in [-0.15, -0.1) is 0 Å². The topological polar surface area (TPSA) is 32.3 Å². The van der Waals surface area contributed by atoms with Gasteiger partial charge in [-0.2, -0.15) is 0 Å². The number of nitrogens with one attached hydrogen (secondary N) is 1. The zero-order valence-electron chi connectivity index (χ0n) is 12.3. The molecule has 2 nitrogen and oxygen atoms in total. The SMILES string of the molecule is CCC1CCCC(CO)(Nc2ccccc2C)CC1. The van der Waals surface area contributed by atoms with Gasteiger partial charge in [0.1, 0.15) is 0 Å². The van der Waals surface area contributed by atoms with Crippen LogP contribution < -0.4 is 5.32 Å². The van der Waals surface area contributed by atoms with E-state index in [4.69, 9.17) is 0 Å². The summed E-state index contributed by atoms with van der Waals surface area (Å²) in [5.41, 5.74) is 2.31. The maximum atomic E-state index is 9.92. The Morgan fingerprint density at radius 3 is 2.74 bits per heavy atom. The fourth-order valence-corrected chi connectivity index (χ4v) is 3.21. The van der Waals surface area contributed by atoms with Crippen molar-refractivity contribution in [3.8, 4) is 0 Å². The Hall–Kier alpha value is -1.02. The van der Waals surface area contributed by atoms with Gasteiger partial charge in [0, 0.05) is 5.69 Å². The lowest BCUT2D eigenvalue weighted by Crippen LogP contribution is -2.41. The molecule has 2 heteroatoms. The first-order chi connectivity index (χ1) is 9.19. The summed E-state index contributed by atoms with van der Waals surface area (Å²) in [7, 11) is 0. The highest BCUT2D eigenvalue weighted by molar-refractivity contribution is 5.52. The number of aliphatic hydroxyl groups excluding tert-OH is 1. The second-order valence-electron chi connectivity index (χ2n) is 6.08. The first-order valence-corrected chi connectivity index (χ1v) is 7.64. The zero-order chi connectivity index (χ0) is 13.7. The maximum Gasteiger partial charge on any atom is 0.0661 e. The summed E-state index contributed by atoms with van der Waals surface area (Å²) in [6.45, 7) is 4.64. The van der Waals surface area contributed by atoms with Crippen molar-refractivity contribution in [2.75, 3.05) is 11.9 Å². The molecule has 1 saturated carbocycles. The van der Waals surface area contributed by atoms with Crippen molar-refractivity contribution >= 4 is 5.69 Å². The van der Waals surface area contributed by atoms with E-state index in [2.05, 4.69) is 43.4 Å². The average Bonchev–Trinajstić information content (AvgIpc) is 2.64. The summed E-state index contributed by atoms with van der Waals surface area (Å²) in [6, 6.07) is 8.37. The van der Waals surface area contributed by atoms with Gasteiger partial charge in [-0.05, 0) is 43.7 Å². The Balaban J connectivity index is 2.12. The van der Waals surface area contributed by atoms with Gasteiger partial charge in [-0.25, -0.2) is 0 Å². The number of hydrogen-bond donors (Lipinski definition) is 2. The molecule has 1 aliphatic carbocycles. The van der Waals surface area contributed by atoms with Gasteiger partial charge < -0.3 is 10.4 Å². The van der Waals surface area contributed by atoms with Crippen LogP contribution in [0.3, 0.4) is 0 Å². The molecular formula is C17H27NO. The Morgan fingerprint density at radius 1 is 1.26 bits per heavy atom. The molecule has 19 heavy (non-hydrogen) atoms. The summed E-state index contributed by atoms with van der Waals surface area (Å²) < 4.78 is 0. The zero-order valence-corrected chi connectivity index (χ0v) is 12.3. The number of anilines is 1. The highest BCUT2D eigenvalue weighted by Crippen LogP contribution is 2.34. The molecule has 0 saturated heterocycles. The predicted molar refractivity (Wildman–Crippen MR) is 81.5 cm³/mol. The van der Waals surface area contributed by atoms with Crippen molar-refractivity contribution in [3.05, 3.63) is 29.8 Å². The van der Waals surface area contributed by atoms with Crippen LogP contribution in [0.2, 0.25) is 0 Å². The van der Waals surface area contributed by atoms with Gasteiger partial charge in [-0.3, -0.25) is 0 Å². The molecule has 2 atom stereocenters. The molecule has 0 amide bonds. The van der Waals surface area contributed by atoms with Crippen molar-refractivity contribution in [3.63, 3.8) is 0 Å². The quantitative estimate of drug-likeness (QED) is 0.799. The molecule has 2 rings (SSSR count). The summed E-state index contributed by atoms with van der Waals surface area (Å²) in [5.74, 6) is 0.840. The van der Waals surface area contributed by atoms with Crippen LogP contribution in [0.15, 0.2) is 24.3 Å². The number of aliphatic hydroxyl groups is 1.